The van der Waals surface area contributed by atoms with E-state index in [1.165, 1.54) is 0 Å². The number of amidine groups is 1. The molecule has 1 saturated heterocycles. The lowest BCUT2D eigenvalue weighted by Gasteiger charge is -2.32. The van der Waals surface area contributed by atoms with Crippen LogP contribution in [0.1, 0.15) is 18.4 Å². The second-order valence-corrected chi connectivity index (χ2v) is 4.78. The summed E-state index contributed by atoms with van der Waals surface area (Å²) in [4.78, 5) is 2.13. The second kappa shape index (κ2) is 5.46. The maximum absolute atomic E-state index is 9.47. The number of rotatable bonds is 2. The zero-order valence-corrected chi connectivity index (χ0v) is 10.6. The summed E-state index contributed by atoms with van der Waals surface area (Å²) in [7, 11) is 0. The lowest BCUT2D eigenvalue weighted by Crippen LogP contribution is -2.36. The minimum absolute atomic E-state index is 0.0394. The van der Waals surface area contributed by atoms with Crippen LogP contribution in [0.25, 0.3) is 0 Å². The first-order chi connectivity index (χ1) is 8.61. The van der Waals surface area contributed by atoms with Crippen molar-refractivity contribution < 1.29 is 10.3 Å². The average molecular weight is 270 g/mol. The van der Waals surface area contributed by atoms with Gasteiger partial charge in [-0.25, -0.2) is 0 Å². The van der Waals surface area contributed by atoms with Gasteiger partial charge in [0, 0.05) is 18.7 Å². The molecule has 1 fully saturated rings. The first-order valence-electron chi connectivity index (χ1n) is 5.82. The van der Waals surface area contributed by atoms with E-state index in [9.17, 15) is 5.11 Å². The van der Waals surface area contributed by atoms with Crippen molar-refractivity contribution in [3.8, 4) is 0 Å². The van der Waals surface area contributed by atoms with E-state index in [0.717, 1.165) is 31.6 Å². The van der Waals surface area contributed by atoms with E-state index >= 15 is 0 Å². The number of halogens is 1. The van der Waals surface area contributed by atoms with Gasteiger partial charge in [-0.05, 0) is 31.0 Å². The van der Waals surface area contributed by atoms with E-state index in [-0.39, 0.29) is 11.9 Å². The van der Waals surface area contributed by atoms with Crippen molar-refractivity contribution in [1.82, 2.24) is 0 Å². The van der Waals surface area contributed by atoms with E-state index in [1.54, 1.807) is 12.1 Å². The molecule has 0 unspecified atom stereocenters. The van der Waals surface area contributed by atoms with Gasteiger partial charge in [0.1, 0.15) is 0 Å². The Morgan fingerprint density at radius 2 is 2.06 bits per heavy atom. The number of oxime groups is 1. The van der Waals surface area contributed by atoms with Gasteiger partial charge in [-0.2, -0.15) is 0 Å². The number of aliphatic hydroxyl groups excluding tert-OH is 1. The first kappa shape index (κ1) is 13.0. The molecule has 0 saturated carbocycles. The van der Waals surface area contributed by atoms with Gasteiger partial charge in [0.15, 0.2) is 5.84 Å². The van der Waals surface area contributed by atoms with E-state index < -0.39 is 0 Å². The number of hydrogen-bond donors (Lipinski definition) is 3. The van der Waals surface area contributed by atoms with Crippen LogP contribution < -0.4 is 10.6 Å². The molecule has 0 aromatic heterocycles. The van der Waals surface area contributed by atoms with Gasteiger partial charge in [0.25, 0.3) is 0 Å². The highest BCUT2D eigenvalue weighted by Gasteiger charge is 2.19. The molecule has 2 rings (SSSR count). The van der Waals surface area contributed by atoms with Crippen LogP contribution in [-0.4, -0.2) is 35.3 Å². The van der Waals surface area contributed by atoms with Crippen LogP contribution in [0.2, 0.25) is 5.02 Å². The highest BCUT2D eigenvalue weighted by molar-refractivity contribution is 6.33. The second-order valence-electron chi connectivity index (χ2n) is 4.37. The third-order valence-corrected chi connectivity index (χ3v) is 3.46. The predicted molar refractivity (Wildman–Crippen MR) is 71.4 cm³/mol. The Balaban J connectivity index is 2.20. The summed E-state index contributed by atoms with van der Waals surface area (Å²) in [6.45, 7) is 1.56. The molecule has 18 heavy (non-hydrogen) atoms. The summed E-state index contributed by atoms with van der Waals surface area (Å²) in [5.74, 6) is 0.0394. The number of hydrogen-bond acceptors (Lipinski definition) is 4. The third kappa shape index (κ3) is 2.68. The first-order valence-corrected chi connectivity index (χ1v) is 6.20. The number of anilines is 1. The number of piperidine rings is 1. The Kier molecular flexibility index (Phi) is 3.93. The summed E-state index contributed by atoms with van der Waals surface area (Å²) in [5.41, 5.74) is 7.01. The standard InChI is InChI=1S/C12H16ClN3O2/c13-10-7-8(12(14)15-18)1-2-11(10)16-5-3-9(17)4-6-16/h1-2,7,9,17-18H,3-6H2,(H2,14,15). The van der Waals surface area contributed by atoms with Gasteiger partial charge in [0.2, 0.25) is 0 Å². The van der Waals surface area contributed by atoms with Gasteiger partial charge < -0.3 is 20.9 Å². The molecule has 1 aromatic rings. The van der Waals surface area contributed by atoms with Crippen molar-refractivity contribution >= 4 is 23.1 Å². The molecule has 0 aliphatic carbocycles. The summed E-state index contributed by atoms with van der Waals surface area (Å²) in [5, 5.41) is 21.6. The van der Waals surface area contributed by atoms with Crippen LogP contribution in [0.15, 0.2) is 23.4 Å². The fraction of sp³-hybridized carbons (Fsp3) is 0.417. The zero-order valence-electron chi connectivity index (χ0n) is 9.88. The fourth-order valence-corrected chi connectivity index (χ4v) is 2.39. The molecule has 1 aliphatic rings. The van der Waals surface area contributed by atoms with Crippen LogP contribution >= 0.6 is 11.6 Å². The van der Waals surface area contributed by atoms with Crippen LogP contribution in [0.5, 0.6) is 0 Å². The van der Waals surface area contributed by atoms with E-state index in [0.29, 0.717) is 10.6 Å². The monoisotopic (exact) mass is 269 g/mol. The van der Waals surface area contributed by atoms with Crippen molar-refractivity contribution in [2.24, 2.45) is 10.9 Å². The number of nitrogens with two attached hydrogens (primary N) is 1. The van der Waals surface area contributed by atoms with Crippen molar-refractivity contribution in [2.45, 2.75) is 18.9 Å². The van der Waals surface area contributed by atoms with Gasteiger partial charge in [-0.3, -0.25) is 0 Å². The van der Waals surface area contributed by atoms with Crippen LogP contribution in [0.4, 0.5) is 5.69 Å². The largest absolute Gasteiger partial charge is 0.409 e. The van der Waals surface area contributed by atoms with Gasteiger partial charge in [-0.15, -0.1) is 0 Å². The molecule has 0 amide bonds. The van der Waals surface area contributed by atoms with Gasteiger partial charge in [-0.1, -0.05) is 16.8 Å². The average Bonchev–Trinajstić information content (AvgIpc) is 2.39. The normalized spacial score (nSPS) is 18.1. The van der Waals surface area contributed by atoms with Crippen molar-refractivity contribution in [3.05, 3.63) is 28.8 Å². The number of aliphatic hydroxyl groups is 1. The molecule has 1 heterocycles. The summed E-state index contributed by atoms with van der Waals surface area (Å²) >= 11 is 6.20. The minimum Gasteiger partial charge on any atom is -0.409 e. The summed E-state index contributed by atoms with van der Waals surface area (Å²) < 4.78 is 0. The Morgan fingerprint density at radius 3 is 2.61 bits per heavy atom. The molecule has 0 bridgehead atoms. The quantitative estimate of drug-likeness (QED) is 0.328. The fourth-order valence-electron chi connectivity index (χ4n) is 2.09. The van der Waals surface area contributed by atoms with Gasteiger partial charge >= 0.3 is 0 Å². The number of benzene rings is 1. The zero-order chi connectivity index (χ0) is 13.1. The molecule has 98 valence electrons. The molecule has 6 heteroatoms. The molecular formula is C12H16ClN3O2. The maximum Gasteiger partial charge on any atom is 0.170 e. The van der Waals surface area contributed by atoms with Crippen LogP contribution in [0.3, 0.4) is 0 Å². The predicted octanol–water partition coefficient (Wildman–Crippen LogP) is 1.40. The SMILES string of the molecule is NC(=NO)c1ccc(N2CCC(O)CC2)c(Cl)c1. The van der Waals surface area contributed by atoms with Crippen molar-refractivity contribution in [1.29, 1.82) is 0 Å². The highest BCUT2D eigenvalue weighted by Crippen LogP contribution is 2.29. The molecule has 0 atom stereocenters. The lowest BCUT2D eigenvalue weighted by atomic mass is 10.1. The van der Waals surface area contributed by atoms with Crippen LogP contribution in [-0.2, 0) is 0 Å². The molecule has 1 aromatic carbocycles. The van der Waals surface area contributed by atoms with E-state index in [4.69, 9.17) is 22.5 Å². The lowest BCUT2D eigenvalue weighted by molar-refractivity contribution is 0.145. The molecule has 4 N–H and O–H groups in total. The van der Waals surface area contributed by atoms with Crippen LogP contribution in [0, 0.1) is 0 Å². The topological polar surface area (TPSA) is 82.1 Å². The van der Waals surface area contributed by atoms with E-state index in [2.05, 4.69) is 10.1 Å². The summed E-state index contributed by atoms with van der Waals surface area (Å²) in [6, 6.07) is 5.30. The minimum atomic E-state index is -0.212. The Labute approximate surface area is 110 Å². The molecule has 0 spiro atoms. The summed E-state index contributed by atoms with van der Waals surface area (Å²) in [6.07, 6.45) is 1.29. The maximum atomic E-state index is 9.47. The number of nitrogens with zero attached hydrogens (tertiary/aromatic N) is 2. The van der Waals surface area contributed by atoms with Crippen molar-refractivity contribution in [2.75, 3.05) is 18.0 Å². The smallest absolute Gasteiger partial charge is 0.170 e. The van der Waals surface area contributed by atoms with E-state index in [1.807, 2.05) is 6.07 Å². The Hall–Kier alpha value is -1.46. The third-order valence-electron chi connectivity index (χ3n) is 3.16. The Morgan fingerprint density at radius 1 is 1.39 bits per heavy atom. The van der Waals surface area contributed by atoms with Crippen molar-refractivity contribution in [3.63, 3.8) is 0 Å². The molecule has 5 nitrogen and oxygen atoms in total. The molecular weight excluding hydrogens is 254 g/mol. The Bertz CT molecular complexity index is 457. The molecule has 0 radical (unpaired) electrons. The molecule has 1 aliphatic heterocycles. The van der Waals surface area contributed by atoms with Gasteiger partial charge in [0.05, 0.1) is 16.8 Å². The highest BCUT2D eigenvalue weighted by atomic mass is 35.5.